The summed E-state index contributed by atoms with van der Waals surface area (Å²) in [5, 5.41) is 3.71. The monoisotopic (exact) mass is 344 g/mol. The molecule has 0 unspecified atom stereocenters. The minimum atomic E-state index is -1.69. The molecule has 1 atom stereocenters. The van der Waals surface area contributed by atoms with Crippen molar-refractivity contribution in [1.29, 1.82) is 0 Å². The van der Waals surface area contributed by atoms with E-state index in [1.807, 2.05) is 20.8 Å². The van der Waals surface area contributed by atoms with E-state index < -0.39 is 13.9 Å². The summed E-state index contributed by atoms with van der Waals surface area (Å²) in [5.74, 6) is 0. The molecule has 1 rings (SSSR count). The molecule has 0 spiro atoms. The van der Waals surface area contributed by atoms with Crippen LogP contribution in [-0.4, -0.2) is 57.2 Å². The van der Waals surface area contributed by atoms with E-state index in [1.54, 1.807) is 4.90 Å². The minimum absolute atomic E-state index is 0.214. The van der Waals surface area contributed by atoms with Crippen LogP contribution in [0, 0.1) is 0 Å². The molecule has 0 saturated carbocycles. The Labute approximate surface area is 143 Å². The summed E-state index contributed by atoms with van der Waals surface area (Å²) in [7, 11) is -1.69. The van der Waals surface area contributed by atoms with Crippen LogP contribution in [0.4, 0.5) is 4.79 Å². The normalized spacial score (nSPS) is 20.5. The summed E-state index contributed by atoms with van der Waals surface area (Å²) >= 11 is 0. The quantitative estimate of drug-likeness (QED) is 0.792. The molecule has 0 aromatic rings. The second-order valence-electron chi connectivity index (χ2n) is 8.97. The van der Waals surface area contributed by atoms with Gasteiger partial charge in [0.05, 0.1) is 0 Å². The van der Waals surface area contributed by atoms with Crippen LogP contribution in [0.3, 0.4) is 0 Å². The Morgan fingerprint density at radius 2 is 1.83 bits per heavy atom. The van der Waals surface area contributed by atoms with Crippen LogP contribution >= 0.6 is 0 Å². The van der Waals surface area contributed by atoms with Gasteiger partial charge in [-0.2, -0.15) is 0 Å². The third-order valence-corrected chi connectivity index (χ3v) is 9.18. The highest BCUT2D eigenvalue weighted by Crippen LogP contribution is 2.36. The number of nitrogens with one attached hydrogen (secondary N) is 1. The van der Waals surface area contributed by atoms with Gasteiger partial charge in [-0.25, -0.2) is 4.79 Å². The fraction of sp³-hybridized carbons (Fsp3) is 0.941. The molecular formula is C17H36N2O3Si. The molecular weight excluding hydrogens is 308 g/mol. The molecule has 1 aliphatic heterocycles. The molecule has 0 aliphatic carbocycles. The zero-order chi connectivity index (χ0) is 17.9. The van der Waals surface area contributed by atoms with Crippen LogP contribution in [0.1, 0.15) is 48.0 Å². The van der Waals surface area contributed by atoms with Crippen molar-refractivity contribution in [2.45, 2.75) is 77.7 Å². The fourth-order valence-electron chi connectivity index (χ4n) is 2.18. The third kappa shape index (κ3) is 6.81. The third-order valence-electron chi connectivity index (χ3n) is 4.64. The first-order valence-electron chi connectivity index (χ1n) is 8.67. The number of piperazine rings is 1. The molecule has 1 N–H and O–H groups in total. The maximum Gasteiger partial charge on any atom is 0.410 e. The topological polar surface area (TPSA) is 50.8 Å². The minimum Gasteiger partial charge on any atom is -0.444 e. The Morgan fingerprint density at radius 1 is 1.22 bits per heavy atom. The van der Waals surface area contributed by atoms with Gasteiger partial charge in [0.2, 0.25) is 0 Å². The van der Waals surface area contributed by atoms with E-state index in [9.17, 15) is 4.79 Å². The van der Waals surface area contributed by atoms with Gasteiger partial charge in [0.25, 0.3) is 0 Å². The molecule has 5 nitrogen and oxygen atoms in total. The van der Waals surface area contributed by atoms with E-state index in [0.717, 1.165) is 19.6 Å². The molecule has 1 aliphatic rings. The van der Waals surface area contributed by atoms with Crippen LogP contribution < -0.4 is 5.32 Å². The highest BCUT2D eigenvalue weighted by molar-refractivity contribution is 6.74. The molecule has 1 saturated heterocycles. The number of hydrogen-bond acceptors (Lipinski definition) is 4. The Bertz CT molecular complexity index is 400. The molecule has 0 aromatic heterocycles. The van der Waals surface area contributed by atoms with Gasteiger partial charge in [-0.15, -0.1) is 0 Å². The number of carbonyl (C=O) groups excluding carboxylic acids is 1. The molecule has 1 heterocycles. The van der Waals surface area contributed by atoms with Gasteiger partial charge in [0.15, 0.2) is 8.32 Å². The number of amides is 1. The smallest absolute Gasteiger partial charge is 0.410 e. The van der Waals surface area contributed by atoms with Crippen molar-refractivity contribution in [3.8, 4) is 0 Å². The van der Waals surface area contributed by atoms with E-state index >= 15 is 0 Å². The van der Waals surface area contributed by atoms with Crippen molar-refractivity contribution < 1.29 is 14.0 Å². The van der Waals surface area contributed by atoms with Crippen LogP contribution in [0.5, 0.6) is 0 Å². The summed E-state index contributed by atoms with van der Waals surface area (Å²) in [4.78, 5) is 14.0. The molecule has 1 fully saturated rings. The largest absolute Gasteiger partial charge is 0.444 e. The fourth-order valence-corrected chi connectivity index (χ4v) is 3.25. The van der Waals surface area contributed by atoms with Gasteiger partial charge in [-0.1, -0.05) is 20.8 Å². The molecule has 1 amide bonds. The first kappa shape index (κ1) is 20.5. The van der Waals surface area contributed by atoms with Gasteiger partial charge in [0.1, 0.15) is 5.60 Å². The Hall–Kier alpha value is -0.593. The summed E-state index contributed by atoms with van der Waals surface area (Å²) < 4.78 is 11.7. The lowest BCUT2D eigenvalue weighted by molar-refractivity contribution is 0.0187. The van der Waals surface area contributed by atoms with Gasteiger partial charge in [-0.3, -0.25) is 0 Å². The second kappa shape index (κ2) is 7.53. The van der Waals surface area contributed by atoms with Gasteiger partial charge in [-0.05, 0) is 45.3 Å². The number of nitrogens with zero attached hydrogens (tertiary/aromatic N) is 1. The zero-order valence-corrected chi connectivity index (χ0v) is 17.3. The van der Waals surface area contributed by atoms with E-state index in [1.165, 1.54) is 0 Å². The highest BCUT2D eigenvalue weighted by Gasteiger charge is 2.37. The maximum absolute atomic E-state index is 12.2. The lowest BCUT2D eigenvalue weighted by Gasteiger charge is -2.38. The van der Waals surface area contributed by atoms with E-state index in [0.29, 0.717) is 13.1 Å². The van der Waals surface area contributed by atoms with E-state index in [2.05, 4.69) is 39.2 Å². The van der Waals surface area contributed by atoms with E-state index in [4.69, 9.17) is 9.16 Å². The molecule has 23 heavy (non-hydrogen) atoms. The molecule has 0 aromatic carbocycles. The van der Waals surface area contributed by atoms with Crippen LogP contribution in [-0.2, 0) is 9.16 Å². The van der Waals surface area contributed by atoms with Crippen molar-refractivity contribution in [3.05, 3.63) is 0 Å². The van der Waals surface area contributed by atoms with Gasteiger partial charge in [0, 0.05) is 32.3 Å². The SMILES string of the molecule is CC(C)(C)OC(=O)N1CCN[C@@H](CCO[Si](C)(C)C(C)(C)C)C1. The van der Waals surface area contributed by atoms with Crippen LogP contribution in [0.2, 0.25) is 18.1 Å². The molecule has 0 radical (unpaired) electrons. The zero-order valence-electron chi connectivity index (χ0n) is 16.3. The van der Waals surface area contributed by atoms with Crippen LogP contribution in [0.15, 0.2) is 0 Å². The molecule has 136 valence electrons. The van der Waals surface area contributed by atoms with Crippen molar-refractivity contribution in [1.82, 2.24) is 10.2 Å². The van der Waals surface area contributed by atoms with Crippen molar-refractivity contribution in [2.24, 2.45) is 0 Å². The number of ether oxygens (including phenoxy) is 1. The van der Waals surface area contributed by atoms with Gasteiger partial charge < -0.3 is 19.4 Å². The Kier molecular flexibility index (Phi) is 6.70. The number of rotatable bonds is 4. The standard InChI is InChI=1S/C17H36N2O3Si/c1-16(2,3)22-15(20)19-11-10-18-14(13-19)9-12-21-23(7,8)17(4,5)6/h14,18H,9-13H2,1-8H3/t14-/m0/s1. The maximum atomic E-state index is 12.2. The lowest BCUT2D eigenvalue weighted by atomic mass is 10.1. The van der Waals surface area contributed by atoms with Crippen LogP contribution in [0.25, 0.3) is 0 Å². The highest BCUT2D eigenvalue weighted by atomic mass is 28.4. The summed E-state index contributed by atoms with van der Waals surface area (Å²) in [6.45, 7) is 20.0. The molecule has 0 bridgehead atoms. The predicted molar refractivity (Wildman–Crippen MR) is 97.4 cm³/mol. The predicted octanol–water partition coefficient (Wildman–Crippen LogP) is 3.61. The lowest BCUT2D eigenvalue weighted by Crippen LogP contribution is -2.54. The van der Waals surface area contributed by atoms with Crippen molar-refractivity contribution in [3.63, 3.8) is 0 Å². The first-order valence-corrected chi connectivity index (χ1v) is 11.6. The summed E-state index contributed by atoms with van der Waals surface area (Å²) in [6.07, 6.45) is 0.709. The van der Waals surface area contributed by atoms with Crippen molar-refractivity contribution >= 4 is 14.4 Å². The first-order chi connectivity index (χ1) is 10.3. The second-order valence-corrected chi connectivity index (χ2v) is 13.8. The average Bonchev–Trinajstić information content (AvgIpc) is 2.35. The number of carbonyl (C=O) groups is 1. The Morgan fingerprint density at radius 3 is 2.35 bits per heavy atom. The van der Waals surface area contributed by atoms with E-state index in [-0.39, 0.29) is 17.2 Å². The van der Waals surface area contributed by atoms with Gasteiger partial charge >= 0.3 is 6.09 Å². The summed E-state index contributed by atoms with van der Waals surface area (Å²) in [6, 6.07) is 0.279. The average molecular weight is 345 g/mol. The molecule has 6 heteroatoms. The summed E-state index contributed by atoms with van der Waals surface area (Å²) in [5.41, 5.74) is -0.442. The Balaban J connectivity index is 2.43. The number of hydrogen-bond donors (Lipinski definition) is 1. The van der Waals surface area contributed by atoms with Crippen molar-refractivity contribution in [2.75, 3.05) is 26.2 Å².